The zero-order valence-corrected chi connectivity index (χ0v) is 12.8. The minimum absolute atomic E-state index is 0.0493. The summed E-state index contributed by atoms with van der Waals surface area (Å²) >= 11 is 0. The van der Waals surface area contributed by atoms with Gasteiger partial charge in [-0.3, -0.25) is 4.98 Å². The monoisotopic (exact) mass is 299 g/mol. The summed E-state index contributed by atoms with van der Waals surface area (Å²) in [5, 5.41) is 0. The van der Waals surface area contributed by atoms with Gasteiger partial charge in [0.05, 0.1) is 6.61 Å². The van der Waals surface area contributed by atoms with Crippen molar-refractivity contribution >= 4 is 5.97 Å². The molecule has 0 fully saturated rings. The summed E-state index contributed by atoms with van der Waals surface area (Å²) in [7, 11) is 0. The summed E-state index contributed by atoms with van der Waals surface area (Å²) in [4.78, 5) is 15.6. The predicted octanol–water partition coefficient (Wildman–Crippen LogP) is 3.20. The Hall–Kier alpha value is -2.36. The number of aryl methyl sites for hydroxylation is 2. The molecule has 0 bridgehead atoms. The molecule has 4 nitrogen and oxygen atoms in total. The Balaban J connectivity index is 1.66. The number of aromatic nitrogens is 1. The van der Waals surface area contributed by atoms with Crippen molar-refractivity contribution in [1.82, 2.24) is 4.98 Å². The van der Waals surface area contributed by atoms with Crippen molar-refractivity contribution in [3.05, 3.63) is 59.9 Å². The number of nitrogens with zero attached hydrogens (tertiary/aromatic N) is 1. The molecule has 1 aromatic heterocycles. The van der Waals surface area contributed by atoms with Crippen molar-refractivity contribution in [3.63, 3.8) is 0 Å². The summed E-state index contributed by atoms with van der Waals surface area (Å²) < 4.78 is 10.7. The lowest BCUT2D eigenvalue weighted by molar-refractivity contribution is -0.146. The molecule has 0 atom stereocenters. The number of ether oxygens (including phenoxy) is 2. The lowest BCUT2D eigenvalue weighted by Gasteiger charge is -2.10. The van der Waals surface area contributed by atoms with Crippen LogP contribution in [0, 0.1) is 0 Å². The Bertz CT molecular complexity index is 584. The molecule has 4 heteroatoms. The maximum absolute atomic E-state index is 11.7. The number of carbonyl (C=O) groups is 1. The number of pyridine rings is 1. The van der Waals surface area contributed by atoms with E-state index in [-0.39, 0.29) is 12.6 Å². The van der Waals surface area contributed by atoms with E-state index in [4.69, 9.17) is 9.47 Å². The smallest absolute Gasteiger partial charge is 0.344 e. The van der Waals surface area contributed by atoms with Gasteiger partial charge in [-0.1, -0.05) is 25.1 Å². The minimum Gasteiger partial charge on any atom is -0.482 e. The van der Waals surface area contributed by atoms with Gasteiger partial charge in [-0.15, -0.1) is 0 Å². The van der Waals surface area contributed by atoms with Crippen LogP contribution in [-0.4, -0.2) is 24.2 Å². The number of para-hydroxylation sites is 1. The van der Waals surface area contributed by atoms with Gasteiger partial charge in [-0.25, -0.2) is 4.79 Å². The van der Waals surface area contributed by atoms with Gasteiger partial charge < -0.3 is 9.47 Å². The number of esters is 1. The number of rotatable bonds is 8. The van der Waals surface area contributed by atoms with Gasteiger partial charge in [0.25, 0.3) is 0 Å². The number of hydrogen-bond donors (Lipinski definition) is 0. The Morgan fingerprint density at radius 1 is 1.14 bits per heavy atom. The maximum Gasteiger partial charge on any atom is 0.344 e. The Morgan fingerprint density at radius 3 is 2.68 bits per heavy atom. The van der Waals surface area contributed by atoms with Crippen molar-refractivity contribution in [2.45, 2.75) is 26.2 Å². The van der Waals surface area contributed by atoms with Gasteiger partial charge in [0, 0.05) is 12.4 Å². The number of carbonyl (C=O) groups excluding carboxylic acids is 1. The molecule has 0 aliphatic rings. The van der Waals surface area contributed by atoms with Gasteiger partial charge in [0.1, 0.15) is 5.75 Å². The van der Waals surface area contributed by atoms with Gasteiger partial charge >= 0.3 is 5.97 Å². The SMILES string of the molecule is CCc1ccccc1OCC(=O)OCCCc1ccncc1. The van der Waals surface area contributed by atoms with Crippen molar-refractivity contribution in [3.8, 4) is 5.75 Å². The van der Waals surface area contributed by atoms with E-state index >= 15 is 0 Å². The van der Waals surface area contributed by atoms with E-state index in [1.165, 1.54) is 5.56 Å². The molecule has 116 valence electrons. The topological polar surface area (TPSA) is 48.4 Å². The second kappa shape index (κ2) is 8.82. The summed E-state index contributed by atoms with van der Waals surface area (Å²) in [6, 6.07) is 11.7. The van der Waals surface area contributed by atoms with Crippen LogP contribution < -0.4 is 4.74 Å². The normalized spacial score (nSPS) is 10.2. The highest BCUT2D eigenvalue weighted by Gasteiger charge is 2.06. The van der Waals surface area contributed by atoms with Crippen LogP contribution >= 0.6 is 0 Å². The van der Waals surface area contributed by atoms with E-state index < -0.39 is 0 Å². The largest absolute Gasteiger partial charge is 0.482 e. The van der Waals surface area contributed by atoms with Crippen LogP contribution in [0.3, 0.4) is 0 Å². The van der Waals surface area contributed by atoms with Crippen molar-refractivity contribution in [1.29, 1.82) is 0 Å². The average Bonchev–Trinajstić information content (AvgIpc) is 2.58. The molecule has 1 aromatic carbocycles. The molecule has 2 aromatic rings. The molecular formula is C18H21NO3. The van der Waals surface area contributed by atoms with E-state index in [0.29, 0.717) is 6.61 Å². The fourth-order valence-corrected chi connectivity index (χ4v) is 2.13. The van der Waals surface area contributed by atoms with E-state index in [1.54, 1.807) is 12.4 Å². The first kappa shape index (κ1) is 16.0. The van der Waals surface area contributed by atoms with E-state index in [1.807, 2.05) is 36.4 Å². The first-order chi connectivity index (χ1) is 10.8. The first-order valence-electron chi connectivity index (χ1n) is 7.55. The molecular weight excluding hydrogens is 278 g/mol. The standard InChI is InChI=1S/C18H21NO3/c1-2-16-7-3-4-8-17(16)22-14-18(20)21-13-5-6-15-9-11-19-12-10-15/h3-4,7-12H,2,5-6,13-14H2,1H3. The summed E-state index contributed by atoms with van der Waals surface area (Å²) in [5.41, 5.74) is 2.28. The van der Waals surface area contributed by atoms with Crippen LogP contribution in [0.1, 0.15) is 24.5 Å². The Kier molecular flexibility index (Phi) is 6.42. The van der Waals surface area contributed by atoms with E-state index in [2.05, 4.69) is 11.9 Å². The van der Waals surface area contributed by atoms with Crippen molar-refractivity contribution < 1.29 is 14.3 Å². The third kappa shape index (κ3) is 5.20. The van der Waals surface area contributed by atoms with Crippen molar-refractivity contribution in [2.75, 3.05) is 13.2 Å². The first-order valence-corrected chi connectivity index (χ1v) is 7.55. The highest BCUT2D eigenvalue weighted by molar-refractivity contribution is 5.71. The molecule has 22 heavy (non-hydrogen) atoms. The Morgan fingerprint density at radius 2 is 1.91 bits per heavy atom. The zero-order chi connectivity index (χ0) is 15.6. The second-order valence-electron chi connectivity index (χ2n) is 4.93. The number of benzene rings is 1. The molecule has 0 aliphatic carbocycles. The van der Waals surface area contributed by atoms with Crippen LogP contribution in [0.15, 0.2) is 48.8 Å². The van der Waals surface area contributed by atoms with Gasteiger partial charge in [-0.2, -0.15) is 0 Å². The van der Waals surface area contributed by atoms with Crippen LogP contribution in [0.4, 0.5) is 0 Å². The lowest BCUT2D eigenvalue weighted by Crippen LogP contribution is -2.16. The van der Waals surface area contributed by atoms with E-state index in [9.17, 15) is 4.79 Å². The van der Waals surface area contributed by atoms with E-state index in [0.717, 1.165) is 30.6 Å². The molecule has 0 amide bonds. The minimum atomic E-state index is -0.333. The highest BCUT2D eigenvalue weighted by atomic mass is 16.6. The molecule has 1 heterocycles. The zero-order valence-electron chi connectivity index (χ0n) is 12.8. The third-order valence-electron chi connectivity index (χ3n) is 3.32. The second-order valence-corrected chi connectivity index (χ2v) is 4.93. The van der Waals surface area contributed by atoms with Gasteiger partial charge in [-0.05, 0) is 48.6 Å². The average molecular weight is 299 g/mol. The third-order valence-corrected chi connectivity index (χ3v) is 3.32. The molecule has 0 aliphatic heterocycles. The molecule has 0 saturated carbocycles. The fourth-order valence-electron chi connectivity index (χ4n) is 2.13. The maximum atomic E-state index is 11.7. The van der Waals surface area contributed by atoms with Crippen LogP contribution in [0.5, 0.6) is 5.75 Å². The van der Waals surface area contributed by atoms with Crippen LogP contribution in [0.25, 0.3) is 0 Å². The number of hydrogen-bond acceptors (Lipinski definition) is 4. The predicted molar refractivity (Wildman–Crippen MR) is 84.8 cm³/mol. The van der Waals surface area contributed by atoms with Gasteiger partial charge in [0.15, 0.2) is 6.61 Å². The summed E-state index contributed by atoms with van der Waals surface area (Å²) in [6.07, 6.45) is 6.06. The molecule has 0 saturated heterocycles. The van der Waals surface area contributed by atoms with Gasteiger partial charge in [0.2, 0.25) is 0 Å². The molecule has 0 radical (unpaired) electrons. The fraction of sp³-hybridized carbons (Fsp3) is 0.333. The summed E-state index contributed by atoms with van der Waals surface area (Å²) in [6.45, 7) is 2.41. The quantitative estimate of drug-likeness (QED) is 0.555. The lowest BCUT2D eigenvalue weighted by atomic mass is 10.1. The molecule has 0 unspecified atom stereocenters. The summed E-state index contributed by atoms with van der Waals surface area (Å²) in [5.74, 6) is 0.416. The molecule has 0 spiro atoms. The highest BCUT2D eigenvalue weighted by Crippen LogP contribution is 2.18. The van der Waals surface area contributed by atoms with Crippen molar-refractivity contribution in [2.24, 2.45) is 0 Å². The Labute approximate surface area is 131 Å². The molecule has 0 N–H and O–H groups in total. The van der Waals surface area contributed by atoms with Crippen LogP contribution in [-0.2, 0) is 22.4 Å². The van der Waals surface area contributed by atoms with Crippen LogP contribution in [0.2, 0.25) is 0 Å². The molecule has 2 rings (SSSR count).